The largest absolute Gasteiger partial charge is 0.389 e. The third-order valence-electron chi connectivity index (χ3n) is 11.5. The summed E-state index contributed by atoms with van der Waals surface area (Å²) in [6.45, 7) is 7.00. The van der Waals surface area contributed by atoms with Crippen molar-refractivity contribution in [1.82, 2.24) is 0 Å². The van der Waals surface area contributed by atoms with Gasteiger partial charge in [0.05, 0.1) is 11.2 Å². The lowest BCUT2D eigenvalue weighted by atomic mass is 9.42. The van der Waals surface area contributed by atoms with Crippen molar-refractivity contribution in [2.45, 2.75) is 96.2 Å². The highest BCUT2D eigenvalue weighted by Crippen LogP contribution is 2.81. The van der Waals surface area contributed by atoms with Crippen LogP contribution in [0.4, 0.5) is 0 Å². The quantitative estimate of drug-likeness (QED) is 0.758. The van der Waals surface area contributed by atoms with Crippen molar-refractivity contribution in [2.24, 2.45) is 52.3 Å². The van der Waals surface area contributed by atoms with Crippen LogP contribution in [0.25, 0.3) is 0 Å². The van der Waals surface area contributed by atoms with Crippen LogP contribution in [0.1, 0.15) is 85.0 Å². The highest BCUT2D eigenvalue weighted by molar-refractivity contribution is 5.81. The molecule has 3 unspecified atom stereocenters. The molecule has 28 heavy (non-hydrogen) atoms. The molecule has 0 amide bonds. The lowest BCUT2D eigenvalue weighted by molar-refractivity contribution is -0.223. The Morgan fingerprint density at radius 2 is 1.75 bits per heavy atom. The SMILES string of the molecule is CCCC[C@]1(O)[C@H]2C[C@H]2C2C3C(CC[C@@]21C)[C@@]1(C)CCC(=O)C[C@@]1(O)[C@@H]1C[C@H]31. The number of Topliss-reactive ketones (excluding diaryl/α,β-unsaturated/α-hetero) is 1. The Labute approximate surface area is 169 Å². The zero-order valence-corrected chi connectivity index (χ0v) is 17.9. The van der Waals surface area contributed by atoms with Gasteiger partial charge in [-0.25, -0.2) is 0 Å². The molecule has 6 saturated carbocycles. The smallest absolute Gasteiger partial charge is 0.135 e. The molecule has 0 radical (unpaired) electrons. The van der Waals surface area contributed by atoms with E-state index in [2.05, 4.69) is 20.8 Å². The number of aliphatic hydroxyl groups is 2. The number of hydrogen-bond acceptors (Lipinski definition) is 3. The van der Waals surface area contributed by atoms with Crippen molar-refractivity contribution in [3.63, 3.8) is 0 Å². The average Bonchev–Trinajstić information content (AvgIpc) is 3.54. The fraction of sp³-hybridized carbons (Fsp3) is 0.960. The second-order valence-corrected chi connectivity index (χ2v) is 12.3. The molecule has 0 heterocycles. The molecule has 6 aliphatic rings. The van der Waals surface area contributed by atoms with Crippen molar-refractivity contribution in [3.8, 4) is 0 Å². The summed E-state index contributed by atoms with van der Waals surface area (Å²) in [6, 6.07) is 0. The van der Waals surface area contributed by atoms with E-state index in [1.54, 1.807) is 0 Å². The molecule has 11 atom stereocenters. The molecule has 6 aliphatic carbocycles. The molecule has 6 fully saturated rings. The molecule has 6 rings (SSSR count). The van der Waals surface area contributed by atoms with Gasteiger partial charge in [-0.3, -0.25) is 4.79 Å². The van der Waals surface area contributed by atoms with E-state index < -0.39 is 11.2 Å². The molecule has 3 heteroatoms. The van der Waals surface area contributed by atoms with E-state index in [4.69, 9.17) is 0 Å². The van der Waals surface area contributed by atoms with Crippen molar-refractivity contribution in [1.29, 1.82) is 0 Å². The second-order valence-electron chi connectivity index (χ2n) is 12.3. The fourth-order valence-corrected chi connectivity index (χ4v) is 10.0. The van der Waals surface area contributed by atoms with Crippen LogP contribution < -0.4 is 0 Å². The summed E-state index contributed by atoms with van der Waals surface area (Å²) in [7, 11) is 0. The van der Waals surface area contributed by atoms with Crippen LogP contribution >= 0.6 is 0 Å². The van der Waals surface area contributed by atoms with Gasteiger partial charge in [-0.15, -0.1) is 0 Å². The molecule has 156 valence electrons. The van der Waals surface area contributed by atoms with E-state index in [1.807, 2.05) is 0 Å². The van der Waals surface area contributed by atoms with Crippen molar-refractivity contribution in [3.05, 3.63) is 0 Å². The lowest BCUT2D eigenvalue weighted by Crippen LogP contribution is -2.65. The number of carbonyl (C=O) groups excluding carboxylic acids is 1. The van der Waals surface area contributed by atoms with Crippen LogP contribution in [0.5, 0.6) is 0 Å². The van der Waals surface area contributed by atoms with Crippen LogP contribution in [0.15, 0.2) is 0 Å². The first kappa shape index (κ1) is 18.4. The molecule has 0 aromatic carbocycles. The zero-order valence-electron chi connectivity index (χ0n) is 17.9. The van der Waals surface area contributed by atoms with Gasteiger partial charge in [-0.05, 0) is 85.4 Å². The Bertz CT molecular complexity index is 733. The van der Waals surface area contributed by atoms with Crippen molar-refractivity contribution in [2.75, 3.05) is 0 Å². The minimum absolute atomic E-state index is 0.0698. The molecule has 0 aromatic rings. The van der Waals surface area contributed by atoms with Crippen molar-refractivity contribution >= 4 is 5.78 Å². The van der Waals surface area contributed by atoms with Gasteiger partial charge in [-0.2, -0.15) is 0 Å². The number of rotatable bonds is 3. The molecule has 0 saturated heterocycles. The molecular formula is C25H38O3. The maximum atomic E-state index is 12.3. The third-order valence-corrected chi connectivity index (χ3v) is 11.5. The summed E-state index contributed by atoms with van der Waals surface area (Å²) in [5.74, 6) is 4.34. The molecule has 0 aromatic heterocycles. The maximum Gasteiger partial charge on any atom is 0.135 e. The van der Waals surface area contributed by atoms with E-state index in [0.29, 0.717) is 48.3 Å². The van der Waals surface area contributed by atoms with E-state index in [1.165, 1.54) is 6.42 Å². The minimum Gasteiger partial charge on any atom is -0.389 e. The van der Waals surface area contributed by atoms with Crippen molar-refractivity contribution < 1.29 is 15.0 Å². The summed E-state index contributed by atoms with van der Waals surface area (Å²) in [4.78, 5) is 12.3. The number of unbranched alkanes of at least 4 members (excludes halogenated alkanes) is 1. The first-order valence-electron chi connectivity index (χ1n) is 12.2. The Hall–Kier alpha value is -0.410. The monoisotopic (exact) mass is 386 g/mol. The van der Waals surface area contributed by atoms with E-state index in [0.717, 1.165) is 50.9 Å². The van der Waals surface area contributed by atoms with Crippen LogP contribution in [0.2, 0.25) is 0 Å². The Balaban J connectivity index is 1.39. The van der Waals surface area contributed by atoms with Crippen LogP contribution in [0.3, 0.4) is 0 Å². The highest BCUT2D eigenvalue weighted by Gasteiger charge is 2.81. The lowest BCUT2D eigenvalue weighted by Gasteiger charge is -2.64. The van der Waals surface area contributed by atoms with Gasteiger partial charge in [0.1, 0.15) is 5.78 Å². The Morgan fingerprint density at radius 3 is 2.50 bits per heavy atom. The summed E-state index contributed by atoms with van der Waals surface area (Å²) >= 11 is 0. The van der Waals surface area contributed by atoms with Gasteiger partial charge in [0.2, 0.25) is 0 Å². The topological polar surface area (TPSA) is 57.5 Å². The second kappa shape index (κ2) is 5.25. The number of hydrogen-bond donors (Lipinski definition) is 2. The molecule has 0 spiro atoms. The van der Waals surface area contributed by atoms with Gasteiger partial charge in [0, 0.05) is 18.3 Å². The zero-order chi connectivity index (χ0) is 19.7. The standard InChI is InChI=1S/C25H38O3/c1-4-5-8-24(27)19-12-16(19)21-20-15-11-18(15)25(28)13-14(26)6-9-22(25,2)17(20)7-10-23(21,24)3/h15-21,27-28H,4-13H2,1-3H3/t15-,16+,17?,18+,19-,20?,21?,22+,23-,24-,25+/m0/s1. The third kappa shape index (κ3) is 1.84. The summed E-state index contributed by atoms with van der Waals surface area (Å²) in [5, 5.41) is 23.8. The molecule has 3 nitrogen and oxygen atoms in total. The van der Waals surface area contributed by atoms with E-state index in [9.17, 15) is 15.0 Å². The normalized spacial score (nSPS) is 63.6. The van der Waals surface area contributed by atoms with Crippen LogP contribution in [-0.2, 0) is 4.79 Å². The number of ketones is 1. The van der Waals surface area contributed by atoms with Gasteiger partial charge in [-0.1, -0.05) is 33.6 Å². The predicted octanol–water partition coefficient (Wildman–Crippen LogP) is 4.35. The predicted molar refractivity (Wildman–Crippen MR) is 107 cm³/mol. The maximum absolute atomic E-state index is 12.3. The van der Waals surface area contributed by atoms with E-state index >= 15 is 0 Å². The molecule has 0 bridgehead atoms. The average molecular weight is 387 g/mol. The number of carbonyl (C=O) groups is 1. The molecular weight excluding hydrogens is 348 g/mol. The van der Waals surface area contributed by atoms with Gasteiger partial charge >= 0.3 is 0 Å². The van der Waals surface area contributed by atoms with Gasteiger partial charge in [0.15, 0.2) is 0 Å². The van der Waals surface area contributed by atoms with Gasteiger partial charge < -0.3 is 10.2 Å². The first-order valence-corrected chi connectivity index (χ1v) is 12.2. The summed E-state index contributed by atoms with van der Waals surface area (Å²) in [6.07, 6.45) is 9.85. The fourth-order valence-electron chi connectivity index (χ4n) is 10.0. The van der Waals surface area contributed by atoms with Crippen LogP contribution in [0, 0.1) is 52.3 Å². The Kier molecular flexibility index (Phi) is 3.44. The summed E-state index contributed by atoms with van der Waals surface area (Å²) < 4.78 is 0. The molecule has 0 aliphatic heterocycles. The molecule has 2 N–H and O–H groups in total. The highest BCUT2D eigenvalue weighted by atomic mass is 16.3. The van der Waals surface area contributed by atoms with E-state index in [-0.39, 0.29) is 16.6 Å². The number of fused-ring (bicyclic) bond motifs is 10. The van der Waals surface area contributed by atoms with Gasteiger partial charge in [0.25, 0.3) is 0 Å². The van der Waals surface area contributed by atoms with Crippen LogP contribution in [-0.4, -0.2) is 27.2 Å². The summed E-state index contributed by atoms with van der Waals surface area (Å²) in [5.41, 5.74) is -1.23. The first-order chi connectivity index (χ1) is 13.2. The minimum atomic E-state index is -0.748. The Morgan fingerprint density at radius 1 is 1.00 bits per heavy atom.